The van der Waals surface area contributed by atoms with Gasteiger partial charge < -0.3 is 10.3 Å². The van der Waals surface area contributed by atoms with Crippen molar-refractivity contribution in [2.75, 3.05) is 13.1 Å². The predicted octanol–water partition coefficient (Wildman–Crippen LogP) is 3.33. The van der Waals surface area contributed by atoms with E-state index in [1.54, 1.807) is 12.1 Å². The number of carbonyl (C=O) groups is 1. The molecule has 1 aliphatic heterocycles. The van der Waals surface area contributed by atoms with E-state index >= 15 is 0 Å². The zero-order valence-electron chi connectivity index (χ0n) is 15.8. The van der Waals surface area contributed by atoms with Gasteiger partial charge in [0.2, 0.25) is 15.9 Å². The summed E-state index contributed by atoms with van der Waals surface area (Å²) in [5, 5.41) is 4.51. The highest BCUT2D eigenvalue weighted by atomic mass is 35.5. The molecule has 0 aliphatic carbocycles. The van der Waals surface area contributed by atoms with Crippen LogP contribution >= 0.6 is 11.6 Å². The number of benzene rings is 2. The number of para-hydroxylation sites is 1. The number of halogens is 1. The highest BCUT2D eigenvalue weighted by Gasteiger charge is 2.39. The summed E-state index contributed by atoms with van der Waals surface area (Å²) in [6.07, 6.45) is 3.80. The largest absolute Gasteiger partial charge is 0.361 e. The predicted molar refractivity (Wildman–Crippen MR) is 113 cm³/mol. The Morgan fingerprint density at radius 3 is 2.72 bits per heavy atom. The summed E-state index contributed by atoms with van der Waals surface area (Å²) in [5.74, 6) is -0.250. The van der Waals surface area contributed by atoms with Crippen LogP contribution in [0.4, 0.5) is 0 Å². The Bertz CT molecular complexity index is 1130. The summed E-state index contributed by atoms with van der Waals surface area (Å²) < 4.78 is 27.2. The molecule has 4 rings (SSSR count). The van der Waals surface area contributed by atoms with Crippen molar-refractivity contribution in [2.24, 2.45) is 0 Å². The molecule has 1 amide bonds. The van der Waals surface area contributed by atoms with Crippen LogP contribution in [-0.2, 0) is 21.2 Å². The lowest BCUT2D eigenvalue weighted by Gasteiger charge is -2.23. The molecule has 1 aliphatic rings. The van der Waals surface area contributed by atoms with Crippen molar-refractivity contribution in [3.63, 3.8) is 0 Å². The Balaban J connectivity index is 1.42. The number of aromatic amines is 1. The Kier molecular flexibility index (Phi) is 5.63. The van der Waals surface area contributed by atoms with Gasteiger partial charge in [0.1, 0.15) is 6.04 Å². The summed E-state index contributed by atoms with van der Waals surface area (Å²) in [7, 11) is -3.74. The maximum atomic E-state index is 13.0. The molecule has 0 radical (unpaired) electrons. The van der Waals surface area contributed by atoms with Gasteiger partial charge in [0, 0.05) is 35.2 Å². The summed E-state index contributed by atoms with van der Waals surface area (Å²) in [5.41, 5.74) is 2.18. The highest BCUT2D eigenvalue weighted by molar-refractivity contribution is 7.89. The molecule has 2 N–H and O–H groups in total. The minimum atomic E-state index is -3.74. The SMILES string of the molecule is O=C(NCCc1c[nH]c2ccccc12)C1CCCN1S(=O)(=O)c1ccc(Cl)cc1. The first-order valence-electron chi connectivity index (χ1n) is 9.57. The fourth-order valence-corrected chi connectivity index (χ4v) is 5.59. The standard InChI is InChI=1S/C21H22ClN3O3S/c22-16-7-9-17(10-8-16)29(27,28)25-13-3-6-20(25)21(26)23-12-11-15-14-24-19-5-2-1-4-18(15)19/h1-2,4-5,7-10,14,20,24H,3,6,11-13H2,(H,23,26). The number of rotatable bonds is 6. The molecule has 1 unspecified atom stereocenters. The number of sulfonamides is 1. The van der Waals surface area contributed by atoms with Gasteiger partial charge in [0.05, 0.1) is 4.90 Å². The Morgan fingerprint density at radius 2 is 1.93 bits per heavy atom. The number of nitrogens with zero attached hydrogens (tertiary/aromatic N) is 1. The zero-order valence-corrected chi connectivity index (χ0v) is 17.3. The second kappa shape index (κ2) is 8.18. The second-order valence-electron chi connectivity index (χ2n) is 7.13. The molecule has 152 valence electrons. The normalized spacial score (nSPS) is 17.6. The molecule has 1 saturated heterocycles. The molecular formula is C21H22ClN3O3S. The van der Waals surface area contributed by atoms with E-state index in [1.807, 2.05) is 30.5 Å². The molecule has 2 heterocycles. The molecule has 3 aromatic rings. The van der Waals surface area contributed by atoms with E-state index in [-0.39, 0.29) is 10.8 Å². The number of amides is 1. The lowest BCUT2D eigenvalue weighted by Crippen LogP contribution is -2.46. The topological polar surface area (TPSA) is 82.3 Å². The Morgan fingerprint density at radius 1 is 1.17 bits per heavy atom. The number of aromatic nitrogens is 1. The molecule has 8 heteroatoms. The highest BCUT2D eigenvalue weighted by Crippen LogP contribution is 2.27. The summed E-state index contributed by atoms with van der Waals surface area (Å²) in [4.78, 5) is 16.1. The molecule has 1 aromatic heterocycles. The maximum Gasteiger partial charge on any atom is 0.243 e. The van der Waals surface area contributed by atoms with Crippen molar-refractivity contribution in [3.8, 4) is 0 Å². The number of fused-ring (bicyclic) bond motifs is 1. The lowest BCUT2D eigenvalue weighted by molar-refractivity contribution is -0.124. The van der Waals surface area contributed by atoms with Crippen molar-refractivity contribution in [1.29, 1.82) is 0 Å². The molecule has 1 atom stereocenters. The first-order valence-corrected chi connectivity index (χ1v) is 11.4. The van der Waals surface area contributed by atoms with Crippen LogP contribution in [0.2, 0.25) is 5.02 Å². The van der Waals surface area contributed by atoms with Crippen LogP contribution in [0, 0.1) is 0 Å². The average Bonchev–Trinajstić information content (AvgIpc) is 3.36. The zero-order chi connectivity index (χ0) is 20.4. The maximum absolute atomic E-state index is 13.0. The van der Waals surface area contributed by atoms with Gasteiger partial charge >= 0.3 is 0 Å². The van der Waals surface area contributed by atoms with Crippen LogP contribution in [-0.4, -0.2) is 42.7 Å². The molecule has 0 bridgehead atoms. The molecule has 6 nitrogen and oxygen atoms in total. The van der Waals surface area contributed by atoms with E-state index in [2.05, 4.69) is 10.3 Å². The monoisotopic (exact) mass is 431 g/mol. The third kappa shape index (κ3) is 4.03. The second-order valence-corrected chi connectivity index (χ2v) is 9.46. The number of hydrogen-bond donors (Lipinski definition) is 2. The van der Waals surface area contributed by atoms with Crippen LogP contribution in [0.1, 0.15) is 18.4 Å². The quantitative estimate of drug-likeness (QED) is 0.628. The van der Waals surface area contributed by atoms with Crippen molar-refractivity contribution < 1.29 is 13.2 Å². The van der Waals surface area contributed by atoms with Gasteiger partial charge in [-0.15, -0.1) is 0 Å². The molecule has 2 aromatic carbocycles. The first kappa shape index (κ1) is 19.9. The van der Waals surface area contributed by atoms with E-state index in [9.17, 15) is 13.2 Å². The number of nitrogens with one attached hydrogen (secondary N) is 2. The summed E-state index contributed by atoms with van der Waals surface area (Å²) in [6.45, 7) is 0.789. The molecule has 29 heavy (non-hydrogen) atoms. The molecule has 1 fully saturated rings. The third-order valence-corrected chi connectivity index (χ3v) is 7.47. The van der Waals surface area contributed by atoms with Crippen molar-refractivity contribution in [3.05, 3.63) is 65.3 Å². The van der Waals surface area contributed by atoms with Crippen LogP contribution in [0.25, 0.3) is 10.9 Å². The van der Waals surface area contributed by atoms with Gasteiger partial charge in [-0.3, -0.25) is 4.79 Å². The van der Waals surface area contributed by atoms with Gasteiger partial charge in [-0.05, 0) is 55.2 Å². The van der Waals surface area contributed by atoms with Crippen molar-refractivity contribution >= 4 is 38.4 Å². The summed E-state index contributed by atoms with van der Waals surface area (Å²) >= 11 is 5.86. The van der Waals surface area contributed by atoms with Crippen LogP contribution < -0.4 is 5.32 Å². The van der Waals surface area contributed by atoms with E-state index in [4.69, 9.17) is 11.6 Å². The smallest absolute Gasteiger partial charge is 0.243 e. The van der Waals surface area contributed by atoms with Crippen molar-refractivity contribution in [1.82, 2.24) is 14.6 Å². The van der Waals surface area contributed by atoms with Gasteiger partial charge in [0.15, 0.2) is 0 Å². The van der Waals surface area contributed by atoms with Gasteiger partial charge in [-0.1, -0.05) is 29.8 Å². The average molecular weight is 432 g/mol. The number of H-pyrrole nitrogens is 1. The van der Waals surface area contributed by atoms with Gasteiger partial charge in [-0.25, -0.2) is 8.42 Å². The van der Waals surface area contributed by atoms with Crippen LogP contribution in [0.5, 0.6) is 0 Å². The molecule has 0 spiro atoms. The van der Waals surface area contributed by atoms with E-state index < -0.39 is 16.1 Å². The molecule has 0 saturated carbocycles. The van der Waals surface area contributed by atoms with Crippen LogP contribution in [0.3, 0.4) is 0 Å². The van der Waals surface area contributed by atoms with E-state index in [0.717, 1.165) is 16.5 Å². The Hall–Kier alpha value is -2.35. The lowest BCUT2D eigenvalue weighted by atomic mass is 10.1. The van der Waals surface area contributed by atoms with E-state index in [1.165, 1.54) is 16.4 Å². The van der Waals surface area contributed by atoms with Crippen LogP contribution in [0.15, 0.2) is 59.6 Å². The summed E-state index contributed by atoms with van der Waals surface area (Å²) in [6, 6.07) is 13.4. The minimum absolute atomic E-state index is 0.153. The van der Waals surface area contributed by atoms with Gasteiger partial charge in [0.25, 0.3) is 0 Å². The fraction of sp³-hybridized carbons (Fsp3) is 0.286. The number of hydrogen-bond acceptors (Lipinski definition) is 3. The minimum Gasteiger partial charge on any atom is -0.361 e. The van der Waals surface area contributed by atoms with E-state index in [0.29, 0.717) is 37.4 Å². The fourth-order valence-electron chi connectivity index (χ4n) is 3.81. The number of carbonyl (C=O) groups excluding carboxylic acids is 1. The third-order valence-electron chi connectivity index (χ3n) is 5.30. The van der Waals surface area contributed by atoms with Crippen molar-refractivity contribution in [2.45, 2.75) is 30.2 Å². The first-order chi connectivity index (χ1) is 14.0. The molecular weight excluding hydrogens is 410 g/mol. The Labute approximate surface area is 174 Å². The van der Waals surface area contributed by atoms with Gasteiger partial charge in [-0.2, -0.15) is 4.31 Å².